The van der Waals surface area contributed by atoms with Crippen LogP contribution < -0.4 is 15.4 Å². The zero-order valence-corrected chi connectivity index (χ0v) is 33.5. The van der Waals surface area contributed by atoms with Crippen molar-refractivity contribution in [1.82, 2.24) is 20.6 Å². The zero-order valence-electron chi connectivity index (χ0n) is 33.5. The van der Waals surface area contributed by atoms with Gasteiger partial charge in [0.25, 0.3) is 5.91 Å². The lowest BCUT2D eigenvalue weighted by Gasteiger charge is -2.62. The maximum absolute atomic E-state index is 14.4. The second-order valence-corrected chi connectivity index (χ2v) is 17.1. The maximum Gasteiger partial charge on any atom is 0.329 e. The number of nitrogens with zero attached hydrogens (tertiary/aromatic N) is 2. The number of ether oxygens (including phenoxy) is 2. The highest BCUT2D eigenvalue weighted by atomic mass is 16.7. The van der Waals surface area contributed by atoms with Gasteiger partial charge in [0.05, 0.1) is 26.4 Å². The first-order valence-corrected chi connectivity index (χ1v) is 19.4. The molecule has 54 heavy (non-hydrogen) atoms. The average molecular weight is 751 g/mol. The Bertz CT molecular complexity index is 1620. The number of para-hydroxylation sites is 1. The van der Waals surface area contributed by atoms with Crippen molar-refractivity contribution in [2.24, 2.45) is 35.0 Å². The molecule has 2 amide bonds. The van der Waals surface area contributed by atoms with Gasteiger partial charge in [0.1, 0.15) is 24.5 Å². The van der Waals surface area contributed by atoms with Gasteiger partial charge in [0, 0.05) is 41.2 Å². The van der Waals surface area contributed by atoms with Gasteiger partial charge in [-0.15, -0.1) is 0 Å². The molecule has 0 radical (unpaired) electrons. The highest BCUT2D eigenvalue weighted by Gasteiger charge is 2.57. The predicted octanol–water partition coefficient (Wildman–Crippen LogP) is 4.84. The van der Waals surface area contributed by atoms with E-state index in [-0.39, 0.29) is 42.5 Å². The van der Waals surface area contributed by atoms with Gasteiger partial charge < -0.3 is 35.2 Å². The van der Waals surface area contributed by atoms with Crippen LogP contribution in [0.5, 0.6) is 5.75 Å². The Morgan fingerprint density at radius 3 is 2.43 bits per heavy atom. The Kier molecular flexibility index (Phi) is 13.5. The number of rotatable bonds is 17. The van der Waals surface area contributed by atoms with Gasteiger partial charge in [0.2, 0.25) is 5.91 Å². The number of benzene rings is 2. The number of aliphatic carboxylic acids is 1. The minimum Gasteiger partial charge on any atom is -0.496 e. The summed E-state index contributed by atoms with van der Waals surface area (Å²) in [5.41, 5.74) is 3.08. The molecule has 2 aromatic carbocycles. The highest BCUT2D eigenvalue weighted by Crippen LogP contribution is 2.61. The van der Waals surface area contributed by atoms with Crippen LogP contribution in [0.4, 0.5) is 0 Å². The number of methoxy groups -OCH3 is 1. The van der Waals surface area contributed by atoms with Gasteiger partial charge in [-0.25, -0.2) is 4.79 Å². The molecule has 1 saturated heterocycles. The number of hydrogen-bond donors (Lipinski definition) is 4. The molecule has 0 unspecified atom stereocenters. The van der Waals surface area contributed by atoms with E-state index >= 15 is 0 Å². The van der Waals surface area contributed by atoms with Crippen molar-refractivity contribution in [3.63, 3.8) is 0 Å². The second kappa shape index (κ2) is 17.5. The van der Waals surface area contributed by atoms with Crippen LogP contribution in [-0.2, 0) is 25.7 Å². The number of hydroxylamine groups is 2. The van der Waals surface area contributed by atoms with Gasteiger partial charge in [0.15, 0.2) is 0 Å². The Labute approximate surface area is 320 Å². The topological polar surface area (TPSA) is 150 Å². The molecule has 6 rings (SSSR count). The summed E-state index contributed by atoms with van der Waals surface area (Å²) in [5.74, 6) is 0.157. The van der Waals surface area contributed by atoms with Crippen LogP contribution >= 0.6 is 0 Å². The van der Waals surface area contributed by atoms with E-state index in [1.807, 2.05) is 50.5 Å². The third kappa shape index (κ3) is 9.27. The number of nitrogens with one attached hydrogen (secondary N) is 2. The molecular formula is C42H62N4O8. The van der Waals surface area contributed by atoms with Crippen LogP contribution in [0.3, 0.4) is 0 Å². The molecule has 9 atom stereocenters. The third-order valence-electron chi connectivity index (χ3n) is 12.1. The molecule has 4 N–H and O–H groups in total. The van der Waals surface area contributed by atoms with Crippen molar-refractivity contribution in [2.75, 3.05) is 41.0 Å². The zero-order chi connectivity index (χ0) is 39.5. The number of carboxylic acid groups (broad SMARTS) is 1. The maximum atomic E-state index is 14.4. The van der Waals surface area contributed by atoms with E-state index in [1.165, 1.54) is 6.42 Å². The molecule has 3 saturated carbocycles. The van der Waals surface area contributed by atoms with Crippen molar-refractivity contribution in [2.45, 2.75) is 97.7 Å². The van der Waals surface area contributed by atoms with Crippen molar-refractivity contribution in [1.29, 1.82) is 0 Å². The largest absolute Gasteiger partial charge is 0.496 e. The van der Waals surface area contributed by atoms with Crippen LogP contribution in [0.1, 0.15) is 76.7 Å². The van der Waals surface area contributed by atoms with E-state index in [9.17, 15) is 24.6 Å². The van der Waals surface area contributed by atoms with Gasteiger partial charge in [-0.3, -0.25) is 14.4 Å². The Morgan fingerprint density at radius 1 is 1.09 bits per heavy atom. The van der Waals surface area contributed by atoms with Crippen molar-refractivity contribution in [3.05, 3.63) is 53.6 Å². The van der Waals surface area contributed by atoms with Gasteiger partial charge in [-0.05, 0) is 87.1 Å². The van der Waals surface area contributed by atoms with Crippen LogP contribution in [-0.4, -0.2) is 109 Å². The van der Waals surface area contributed by atoms with E-state index in [4.69, 9.17) is 14.3 Å². The van der Waals surface area contributed by atoms with E-state index in [2.05, 4.69) is 50.2 Å². The average Bonchev–Trinajstić information content (AvgIpc) is 3.46. The van der Waals surface area contributed by atoms with E-state index in [0.717, 1.165) is 36.1 Å². The standard InChI is InChI=1S/C42H62N4O8/c1-24(2)16-31(21-45(7)8)43-40(50)28-13-10-12-27(17-28)32-15-11-14-29(39(32)52-9)20-46-38(37(26(4)47)35(54-46)22-53-23-36(48)49)41(51)44-34-19-30-18-33(25(34)3)42(30,5)6/h10-15,17,24-26,30-31,33-35,37-38,47H,16,18-23H2,1-9H3,(H,43,50)(H,44,51)(H,48,49)/t25-,26-,30+,31+,33-,34+,35-,37-,38-/m0/s1. The lowest BCUT2D eigenvalue weighted by atomic mass is 9.45. The summed E-state index contributed by atoms with van der Waals surface area (Å²) >= 11 is 0. The number of carboxylic acids is 1. The summed E-state index contributed by atoms with van der Waals surface area (Å²) in [6.07, 6.45) is 1.21. The van der Waals surface area contributed by atoms with Crippen LogP contribution in [0.25, 0.3) is 11.1 Å². The fourth-order valence-electron chi connectivity index (χ4n) is 9.36. The van der Waals surface area contributed by atoms with Gasteiger partial charge in [-0.2, -0.15) is 5.06 Å². The molecule has 0 spiro atoms. The summed E-state index contributed by atoms with van der Waals surface area (Å²) in [6, 6.07) is 12.3. The first-order chi connectivity index (χ1) is 25.5. The minimum atomic E-state index is -1.12. The molecule has 12 heteroatoms. The summed E-state index contributed by atoms with van der Waals surface area (Å²) in [7, 11) is 5.59. The second-order valence-electron chi connectivity index (χ2n) is 17.1. The molecular weight excluding hydrogens is 688 g/mol. The Balaban J connectivity index is 1.41. The fourth-order valence-corrected chi connectivity index (χ4v) is 9.36. The number of fused-ring (bicyclic) bond motifs is 2. The summed E-state index contributed by atoms with van der Waals surface area (Å²) in [4.78, 5) is 47.6. The molecule has 0 aromatic heterocycles. The molecule has 1 heterocycles. The number of hydrogen-bond acceptors (Lipinski definition) is 9. The number of amides is 2. The number of carbonyl (C=O) groups excluding carboxylic acids is 2. The third-order valence-corrected chi connectivity index (χ3v) is 12.1. The SMILES string of the molecule is COc1c(CN2O[C@@H](COCC(=O)O)[C@H]([C@H](C)O)[C@H]2C(=O)N[C@@H]2C[C@H]3C[C@@H]([C@@H]2C)C3(C)C)cccc1-c1cccc(C(=O)N[C@H](CC(C)C)CN(C)C)c1. The predicted molar refractivity (Wildman–Crippen MR) is 207 cm³/mol. The van der Waals surface area contributed by atoms with Crippen molar-refractivity contribution in [3.8, 4) is 16.9 Å². The van der Waals surface area contributed by atoms with Crippen LogP contribution in [0.2, 0.25) is 0 Å². The molecule has 2 bridgehead atoms. The molecule has 3 aliphatic carbocycles. The van der Waals surface area contributed by atoms with E-state index < -0.39 is 36.7 Å². The lowest BCUT2D eigenvalue weighted by Crippen LogP contribution is -2.62. The van der Waals surface area contributed by atoms with Gasteiger partial charge in [-0.1, -0.05) is 65.0 Å². The molecule has 12 nitrogen and oxygen atoms in total. The molecule has 2 aromatic rings. The number of carbonyl (C=O) groups is 3. The monoisotopic (exact) mass is 750 g/mol. The minimum absolute atomic E-state index is 0.000964. The quantitative estimate of drug-likeness (QED) is 0.177. The number of aliphatic hydroxyl groups is 1. The van der Waals surface area contributed by atoms with Crippen LogP contribution in [0, 0.1) is 35.0 Å². The summed E-state index contributed by atoms with van der Waals surface area (Å²) in [6.45, 7) is 13.0. The first-order valence-electron chi connectivity index (χ1n) is 19.4. The number of aliphatic hydroxyl groups excluding tert-OH is 1. The number of likely N-dealkylation sites (N-methyl/N-ethyl adjacent to an activating group) is 1. The molecule has 298 valence electrons. The molecule has 4 aliphatic rings. The van der Waals surface area contributed by atoms with E-state index in [0.29, 0.717) is 35.0 Å². The summed E-state index contributed by atoms with van der Waals surface area (Å²) < 4.78 is 11.5. The van der Waals surface area contributed by atoms with E-state index in [1.54, 1.807) is 25.2 Å². The molecule has 1 aliphatic heterocycles. The Morgan fingerprint density at radius 2 is 1.81 bits per heavy atom. The fraction of sp³-hybridized carbons (Fsp3) is 0.643. The molecule has 4 fully saturated rings. The summed E-state index contributed by atoms with van der Waals surface area (Å²) in [5, 5.41) is 28.5. The van der Waals surface area contributed by atoms with Crippen molar-refractivity contribution < 1.29 is 38.9 Å². The van der Waals surface area contributed by atoms with Crippen LogP contribution in [0.15, 0.2) is 42.5 Å². The lowest BCUT2D eigenvalue weighted by molar-refractivity contribution is -0.187. The Hall–Kier alpha value is -3.55. The smallest absolute Gasteiger partial charge is 0.329 e. The normalized spacial score (nSPS) is 27.3. The highest BCUT2D eigenvalue weighted by molar-refractivity contribution is 5.96. The van der Waals surface area contributed by atoms with Gasteiger partial charge >= 0.3 is 5.97 Å². The van der Waals surface area contributed by atoms with Crippen molar-refractivity contribution >= 4 is 17.8 Å². The first kappa shape index (κ1) is 41.6.